The number of thiazole rings is 1. The molecule has 0 amide bonds. The lowest BCUT2D eigenvalue weighted by atomic mass is 10.1. The second-order valence-corrected chi connectivity index (χ2v) is 8.41. The third kappa shape index (κ3) is 3.81. The highest BCUT2D eigenvalue weighted by Crippen LogP contribution is 2.41. The summed E-state index contributed by atoms with van der Waals surface area (Å²) in [6.07, 6.45) is 5.22. The summed E-state index contributed by atoms with van der Waals surface area (Å²) >= 11 is 1.58. The maximum atomic E-state index is 10.4. The number of pyridine rings is 2. The van der Waals surface area contributed by atoms with Gasteiger partial charge in [-0.3, -0.25) is 4.98 Å². The number of rotatable bonds is 5. The van der Waals surface area contributed by atoms with Crippen LogP contribution in [0.1, 0.15) is 36.2 Å². The molecule has 0 radical (unpaired) electrons. The van der Waals surface area contributed by atoms with Crippen molar-refractivity contribution in [3.63, 3.8) is 0 Å². The first-order valence-corrected chi connectivity index (χ1v) is 10.4. The van der Waals surface area contributed by atoms with Gasteiger partial charge in [0.1, 0.15) is 22.5 Å². The van der Waals surface area contributed by atoms with Gasteiger partial charge in [0.2, 0.25) is 0 Å². The summed E-state index contributed by atoms with van der Waals surface area (Å²) in [6.45, 7) is 3.80. The van der Waals surface area contributed by atoms with Crippen molar-refractivity contribution in [2.75, 3.05) is 5.32 Å². The molecular formula is C21H20N6OS. The fourth-order valence-corrected chi connectivity index (χ4v) is 4.25. The van der Waals surface area contributed by atoms with Gasteiger partial charge in [0.05, 0.1) is 22.0 Å². The molecule has 7 nitrogen and oxygen atoms in total. The summed E-state index contributed by atoms with van der Waals surface area (Å²) in [5.41, 5.74) is 3.46. The van der Waals surface area contributed by atoms with Crippen LogP contribution in [0.25, 0.3) is 20.8 Å². The molecule has 8 heteroatoms. The third-order valence-electron chi connectivity index (χ3n) is 4.90. The summed E-state index contributed by atoms with van der Waals surface area (Å²) in [5, 5.41) is 14.5. The fraction of sp³-hybridized carbons (Fsp3) is 0.286. The molecule has 146 valence electrons. The normalized spacial score (nSPS) is 14.9. The number of hydrogen-bond donors (Lipinski definition) is 2. The molecule has 0 aliphatic heterocycles. The Labute approximate surface area is 171 Å². The van der Waals surface area contributed by atoms with E-state index in [4.69, 9.17) is 4.98 Å². The van der Waals surface area contributed by atoms with Crippen molar-refractivity contribution < 1.29 is 5.11 Å². The largest absolute Gasteiger partial charge is 0.387 e. The van der Waals surface area contributed by atoms with Crippen LogP contribution in [0.15, 0.2) is 36.7 Å². The van der Waals surface area contributed by atoms with E-state index in [0.717, 1.165) is 45.0 Å². The summed E-state index contributed by atoms with van der Waals surface area (Å²) < 4.78 is 1.00. The van der Waals surface area contributed by atoms with Crippen LogP contribution in [0.5, 0.6) is 0 Å². The second-order valence-electron chi connectivity index (χ2n) is 7.37. The van der Waals surface area contributed by atoms with Gasteiger partial charge in [-0.1, -0.05) is 0 Å². The lowest BCUT2D eigenvalue weighted by Gasteiger charge is -2.08. The Morgan fingerprint density at radius 2 is 1.93 bits per heavy atom. The Morgan fingerprint density at radius 3 is 2.72 bits per heavy atom. The molecular weight excluding hydrogens is 384 g/mol. The van der Waals surface area contributed by atoms with Crippen LogP contribution >= 0.6 is 11.3 Å². The molecule has 4 aromatic rings. The van der Waals surface area contributed by atoms with E-state index in [1.807, 2.05) is 44.3 Å². The van der Waals surface area contributed by atoms with Gasteiger partial charge in [0, 0.05) is 35.8 Å². The predicted molar refractivity (Wildman–Crippen MR) is 113 cm³/mol. The molecule has 4 aromatic heterocycles. The standard InChI is InChI=1S/C21H20N6OS/c1-11-7-19(25-12(2)24-11)27-18-9-15-17(10-23-18)29-21(26-15)14-5-6-22-16(8-14)20(28)13-3-4-13/h5-10,13,20,28H,3-4H2,1-2H3,(H,23,24,25,27). The summed E-state index contributed by atoms with van der Waals surface area (Å²) in [4.78, 5) is 22.3. The van der Waals surface area contributed by atoms with E-state index in [1.165, 1.54) is 0 Å². The number of aryl methyl sites for hydroxylation is 2. The molecule has 1 aliphatic carbocycles. The second kappa shape index (κ2) is 7.13. The van der Waals surface area contributed by atoms with Gasteiger partial charge in [0.15, 0.2) is 0 Å². The van der Waals surface area contributed by atoms with Crippen LogP contribution in [0.2, 0.25) is 0 Å². The average Bonchev–Trinajstić information content (AvgIpc) is 3.46. The Bertz CT molecular complexity index is 1180. The van der Waals surface area contributed by atoms with Gasteiger partial charge in [-0.05, 0) is 44.7 Å². The van der Waals surface area contributed by atoms with Gasteiger partial charge in [-0.15, -0.1) is 11.3 Å². The molecule has 1 aliphatic rings. The van der Waals surface area contributed by atoms with Crippen molar-refractivity contribution in [2.45, 2.75) is 32.8 Å². The van der Waals surface area contributed by atoms with E-state index < -0.39 is 6.10 Å². The van der Waals surface area contributed by atoms with Gasteiger partial charge in [0.25, 0.3) is 0 Å². The lowest BCUT2D eigenvalue weighted by molar-refractivity contribution is 0.149. The molecule has 29 heavy (non-hydrogen) atoms. The molecule has 0 aromatic carbocycles. The van der Waals surface area contributed by atoms with Gasteiger partial charge < -0.3 is 10.4 Å². The predicted octanol–water partition coefficient (Wildman–Crippen LogP) is 4.35. The van der Waals surface area contributed by atoms with E-state index in [-0.39, 0.29) is 0 Å². The van der Waals surface area contributed by atoms with Crippen LogP contribution in [-0.2, 0) is 0 Å². The highest BCUT2D eigenvalue weighted by atomic mass is 32.1. The Morgan fingerprint density at radius 1 is 1.07 bits per heavy atom. The Hall–Kier alpha value is -2.97. The van der Waals surface area contributed by atoms with Gasteiger partial charge in [-0.2, -0.15) is 0 Å². The molecule has 2 N–H and O–H groups in total. The number of fused-ring (bicyclic) bond motifs is 1. The maximum Gasteiger partial charge on any atom is 0.135 e. The van der Waals surface area contributed by atoms with Crippen LogP contribution in [0.3, 0.4) is 0 Å². The highest BCUT2D eigenvalue weighted by Gasteiger charge is 2.31. The van der Waals surface area contributed by atoms with Gasteiger partial charge >= 0.3 is 0 Å². The number of aliphatic hydroxyl groups excluding tert-OH is 1. The third-order valence-corrected chi connectivity index (χ3v) is 5.95. The minimum absolute atomic E-state index is 0.347. The summed E-state index contributed by atoms with van der Waals surface area (Å²) in [7, 11) is 0. The molecule has 1 atom stereocenters. The SMILES string of the molecule is Cc1cc(Nc2cc3nc(-c4ccnc(C(O)C5CC5)c4)sc3cn2)nc(C)n1. The number of hydrogen-bond acceptors (Lipinski definition) is 8. The summed E-state index contributed by atoms with van der Waals surface area (Å²) in [5.74, 6) is 2.46. The molecule has 1 unspecified atom stereocenters. The molecule has 5 rings (SSSR count). The monoisotopic (exact) mass is 404 g/mol. The molecule has 1 fully saturated rings. The number of aromatic nitrogens is 5. The van der Waals surface area contributed by atoms with Crippen molar-refractivity contribution in [1.29, 1.82) is 0 Å². The van der Waals surface area contributed by atoms with Crippen LogP contribution in [0.4, 0.5) is 11.6 Å². The number of aliphatic hydroxyl groups is 1. The van der Waals surface area contributed by atoms with Crippen LogP contribution < -0.4 is 5.32 Å². The van der Waals surface area contributed by atoms with E-state index in [0.29, 0.717) is 23.4 Å². The first-order chi connectivity index (χ1) is 14.0. The van der Waals surface area contributed by atoms with Crippen molar-refractivity contribution in [3.05, 3.63) is 53.9 Å². The zero-order chi connectivity index (χ0) is 20.0. The van der Waals surface area contributed by atoms with Crippen molar-refractivity contribution in [1.82, 2.24) is 24.9 Å². The molecule has 0 saturated heterocycles. The minimum Gasteiger partial charge on any atom is -0.387 e. The summed E-state index contributed by atoms with van der Waals surface area (Å²) in [6, 6.07) is 7.68. The number of nitrogens with one attached hydrogen (secondary N) is 1. The maximum absolute atomic E-state index is 10.4. The quantitative estimate of drug-likeness (QED) is 0.510. The van der Waals surface area contributed by atoms with Crippen LogP contribution in [0, 0.1) is 19.8 Å². The van der Waals surface area contributed by atoms with E-state index >= 15 is 0 Å². The van der Waals surface area contributed by atoms with Crippen molar-refractivity contribution in [2.24, 2.45) is 5.92 Å². The molecule has 1 saturated carbocycles. The smallest absolute Gasteiger partial charge is 0.135 e. The zero-order valence-electron chi connectivity index (χ0n) is 16.1. The molecule has 4 heterocycles. The van der Waals surface area contributed by atoms with E-state index in [9.17, 15) is 5.11 Å². The fourth-order valence-electron chi connectivity index (χ4n) is 3.34. The lowest BCUT2D eigenvalue weighted by Crippen LogP contribution is -2.02. The average molecular weight is 404 g/mol. The minimum atomic E-state index is -0.485. The topological polar surface area (TPSA) is 96.7 Å². The number of nitrogens with zero attached hydrogens (tertiary/aromatic N) is 5. The van der Waals surface area contributed by atoms with E-state index in [2.05, 4.69) is 25.3 Å². The highest BCUT2D eigenvalue weighted by molar-refractivity contribution is 7.21. The van der Waals surface area contributed by atoms with Crippen molar-refractivity contribution in [3.8, 4) is 10.6 Å². The van der Waals surface area contributed by atoms with E-state index in [1.54, 1.807) is 17.5 Å². The molecule has 0 bridgehead atoms. The first kappa shape index (κ1) is 18.1. The molecule has 0 spiro atoms. The first-order valence-electron chi connectivity index (χ1n) is 9.55. The van der Waals surface area contributed by atoms with Gasteiger partial charge in [-0.25, -0.2) is 19.9 Å². The van der Waals surface area contributed by atoms with Crippen molar-refractivity contribution >= 4 is 33.2 Å². The zero-order valence-corrected chi connectivity index (χ0v) is 16.9. The van der Waals surface area contributed by atoms with Crippen LogP contribution in [-0.4, -0.2) is 30.0 Å². The Balaban J connectivity index is 1.44. The Kier molecular flexibility index (Phi) is 4.44. The number of anilines is 2.